The van der Waals surface area contributed by atoms with E-state index >= 15 is 0 Å². The monoisotopic (exact) mass is 220 g/mol. The highest BCUT2D eigenvalue weighted by atomic mass is 16.6. The summed E-state index contributed by atoms with van der Waals surface area (Å²) in [5, 5.41) is 19.7. The van der Waals surface area contributed by atoms with Crippen molar-refractivity contribution in [3.8, 4) is 11.8 Å². The number of methoxy groups -OCH3 is 1. The molecule has 0 fully saturated rings. The van der Waals surface area contributed by atoms with Gasteiger partial charge in [0.25, 0.3) is 0 Å². The van der Waals surface area contributed by atoms with Crippen molar-refractivity contribution in [1.29, 1.82) is 5.26 Å². The van der Waals surface area contributed by atoms with Crippen molar-refractivity contribution < 1.29 is 14.5 Å². The molecule has 0 saturated heterocycles. The van der Waals surface area contributed by atoms with Crippen molar-refractivity contribution >= 4 is 11.5 Å². The molecular formula is C10H8N2O4. The normalized spacial score (nSPS) is 9.31. The van der Waals surface area contributed by atoms with Gasteiger partial charge >= 0.3 is 5.69 Å². The fourth-order valence-electron chi connectivity index (χ4n) is 1.32. The molecule has 16 heavy (non-hydrogen) atoms. The van der Waals surface area contributed by atoms with Crippen molar-refractivity contribution in [2.45, 2.75) is 6.92 Å². The summed E-state index contributed by atoms with van der Waals surface area (Å²) in [6.45, 7) is 1.20. The number of ketones is 1. The van der Waals surface area contributed by atoms with Crippen LogP contribution in [0.4, 0.5) is 5.69 Å². The van der Waals surface area contributed by atoms with Gasteiger partial charge < -0.3 is 4.74 Å². The van der Waals surface area contributed by atoms with Crippen LogP contribution in [0.5, 0.6) is 5.75 Å². The third kappa shape index (κ3) is 1.83. The Hall–Kier alpha value is -2.42. The lowest BCUT2D eigenvalue weighted by Crippen LogP contribution is -2.04. The molecule has 0 aliphatic rings. The number of nitriles is 1. The number of hydrogen-bond acceptors (Lipinski definition) is 5. The first-order valence-corrected chi connectivity index (χ1v) is 4.29. The zero-order valence-corrected chi connectivity index (χ0v) is 8.68. The number of nitro benzene ring substituents is 1. The molecule has 0 saturated carbocycles. The summed E-state index contributed by atoms with van der Waals surface area (Å²) in [4.78, 5) is 21.3. The quantitative estimate of drug-likeness (QED) is 0.438. The third-order valence-corrected chi connectivity index (χ3v) is 2.03. The standard InChI is InChI=1S/C10H8N2O4/c1-6(13)7-3-4-9(16-2)8(5-11)10(7)12(14)15/h3-4H,1-2H3. The average molecular weight is 220 g/mol. The second-order valence-electron chi connectivity index (χ2n) is 2.96. The number of nitro groups is 1. The van der Waals surface area contributed by atoms with Crippen LogP contribution in [0.3, 0.4) is 0 Å². The van der Waals surface area contributed by atoms with Crippen molar-refractivity contribution in [1.82, 2.24) is 0 Å². The number of nitrogens with zero attached hydrogens (tertiary/aromatic N) is 2. The Balaban J connectivity index is 3.65. The molecule has 1 aromatic carbocycles. The maximum atomic E-state index is 11.2. The van der Waals surface area contributed by atoms with Crippen molar-refractivity contribution in [3.05, 3.63) is 33.4 Å². The van der Waals surface area contributed by atoms with E-state index in [-0.39, 0.29) is 16.9 Å². The molecule has 6 nitrogen and oxygen atoms in total. The molecule has 82 valence electrons. The first kappa shape index (κ1) is 11.7. The van der Waals surface area contributed by atoms with E-state index in [1.807, 2.05) is 0 Å². The maximum absolute atomic E-state index is 11.2. The molecule has 0 aliphatic heterocycles. The second kappa shape index (κ2) is 4.40. The van der Waals surface area contributed by atoms with E-state index in [9.17, 15) is 14.9 Å². The molecular weight excluding hydrogens is 212 g/mol. The van der Waals surface area contributed by atoms with Crippen molar-refractivity contribution in [2.24, 2.45) is 0 Å². The van der Waals surface area contributed by atoms with Gasteiger partial charge in [0.2, 0.25) is 0 Å². The Kier molecular flexibility index (Phi) is 3.20. The van der Waals surface area contributed by atoms with Gasteiger partial charge in [-0.15, -0.1) is 0 Å². The highest BCUT2D eigenvalue weighted by molar-refractivity contribution is 5.99. The molecule has 0 aromatic heterocycles. The number of hydrogen-bond donors (Lipinski definition) is 0. The average Bonchev–Trinajstić information content (AvgIpc) is 2.26. The molecule has 1 aromatic rings. The SMILES string of the molecule is COc1ccc(C(C)=O)c([N+](=O)[O-])c1C#N. The molecule has 0 radical (unpaired) electrons. The van der Waals surface area contributed by atoms with Gasteiger partial charge in [-0.3, -0.25) is 14.9 Å². The Morgan fingerprint density at radius 2 is 2.19 bits per heavy atom. The zero-order chi connectivity index (χ0) is 12.3. The topological polar surface area (TPSA) is 93.2 Å². The van der Waals surface area contributed by atoms with Crippen molar-refractivity contribution in [3.63, 3.8) is 0 Å². The molecule has 6 heteroatoms. The van der Waals surface area contributed by atoms with Crippen LogP contribution in [0, 0.1) is 21.4 Å². The summed E-state index contributed by atoms with van der Waals surface area (Å²) in [6, 6.07) is 4.31. The predicted octanol–water partition coefficient (Wildman–Crippen LogP) is 1.68. The van der Waals surface area contributed by atoms with Gasteiger partial charge in [-0.2, -0.15) is 5.26 Å². The number of carbonyl (C=O) groups is 1. The molecule has 0 heterocycles. The number of rotatable bonds is 3. The Morgan fingerprint density at radius 1 is 1.56 bits per heavy atom. The van der Waals surface area contributed by atoms with Gasteiger partial charge in [-0.25, -0.2) is 0 Å². The third-order valence-electron chi connectivity index (χ3n) is 2.03. The van der Waals surface area contributed by atoms with E-state index in [0.717, 1.165) is 0 Å². The number of ether oxygens (including phenoxy) is 1. The predicted molar refractivity (Wildman–Crippen MR) is 54.4 cm³/mol. The van der Waals surface area contributed by atoms with Gasteiger partial charge in [0.1, 0.15) is 11.8 Å². The Labute approximate surface area is 91.2 Å². The molecule has 0 bridgehead atoms. The van der Waals surface area contributed by atoms with Gasteiger partial charge in [-0.05, 0) is 19.1 Å². The van der Waals surface area contributed by atoms with E-state index in [4.69, 9.17) is 10.00 Å². The lowest BCUT2D eigenvalue weighted by molar-refractivity contribution is -0.385. The molecule has 0 atom stereocenters. The van der Waals surface area contributed by atoms with Gasteiger partial charge in [0.15, 0.2) is 11.3 Å². The van der Waals surface area contributed by atoms with Crippen LogP contribution < -0.4 is 4.74 Å². The largest absolute Gasteiger partial charge is 0.495 e. The van der Waals surface area contributed by atoms with Crippen LogP contribution in [0.25, 0.3) is 0 Å². The number of Topliss-reactive ketones (excluding diaryl/α,β-unsaturated/α-hetero) is 1. The molecule has 0 unspecified atom stereocenters. The summed E-state index contributed by atoms with van der Waals surface area (Å²) in [5.41, 5.74) is -0.836. The molecule has 0 N–H and O–H groups in total. The smallest absolute Gasteiger partial charge is 0.301 e. The fourth-order valence-corrected chi connectivity index (χ4v) is 1.32. The maximum Gasteiger partial charge on any atom is 0.301 e. The highest BCUT2D eigenvalue weighted by Crippen LogP contribution is 2.31. The van der Waals surface area contributed by atoms with E-state index in [2.05, 4.69) is 0 Å². The minimum atomic E-state index is -0.752. The van der Waals surface area contributed by atoms with Gasteiger partial charge in [0, 0.05) is 0 Å². The molecule has 0 spiro atoms. The van der Waals surface area contributed by atoms with Crippen LogP contribution in [0.15, 0.2) is 12.1 Å². The number of carbonyl (C=O) groups excluding carboxylic acids is 1. The van der Waals surface area contributed by atoms with Crippen LogP contribution in [-0.2, 0) is 0 Å². The fraction of sp³-hybridized carbons (Fsp3) is 0.200. The minimum Gasteiger partial charge on any atom is -0.495 e. The van der Waals surface area contributed by atoms with Gasteiger partial charge in [-0.1, -0.05) is 0 Å². The van der Waals surface area contributed by atoms with Crippen LogP contribution in [0.2, 0.25) is 0 Å². The summed E-state index contributed by atoms with van der Waals surface area (Å²) in [7, 11) is 1.30. The van der Waals surface area contributed by atoms with Crippen LogP contribution >= 0.6 is 0 Å². The molecule has 0 amide bonds. The van der Waals surface area contributed by atoms with E-state index in [1.54, 1.807) is 6.07 Å². The first-order chi connectivity index (χ1) is 7.52. The van der Waals surface area contributed by atoms with E-state index in [0.29, 0.717) is 0 Å². The first-order valence-electron chi connectivity index (χ1n) is 4.29. The van der Waals surface area contributed by atoms with Crippen LogP contribution in [0.1, 0.15) is 22.8 Å². The van der Waals surface area contributed by atoms with Gasteiger partial charge in [0.05, 0.1) is 17.6 Å². The number of benzene rings is 1. The molecule has 0 aliphatic carbocycles. The van der Waals surface area contributed by atoms with Crippen molar-refractivity contribution in [2.75, 3.05) is 7.11 Å². The summed E-state index contributed by atoms with van der Waals surface area (Å²) < 4.78 is 4.82. The zero-order valence-electron chi connectivity index (χ0n) is 8.68. The van der Waals surface area contributed by atoms with Crippen LogP contribution in [-0.4, -0.2) is 17.8 Å². The summed E-state index contributed by atoms with van der Waals surface area (Å²) in [5.74, 6) is -0.384. The Morgan fingerprint density at radius 3 is 2.56 bits per heavy atom. The Bertz CT molecular complexity index is 502. The minimum absolute atomic E-state index is 0.0826. The molecule has 1 rings (SSSR count). The van der Waals surface area contributed by atoms with E-state index in [1.165, 1.54) is 26.2 Å². The lowest BCUT2D eigenvalue weighted by Gasteiger charge is -2.05. The second-order valence-corrected chi connectivity index (χ2v) is 2.96. The lowest BCUT2D eigenvalue weighted by atomic mass is 10.0. The highest BCUT2D eigenvalue weighted by Gasteiger charge is 2.25. The van der Waals surface area contributed by atoms with E-state index < -0.39 is 16.4 Å². The summed E-state index contributed by atoms with van der Waals surface area (Å²) >= 11 is 0. The summed E-state index contributed by atoms with van der Waals surface area (Å²) in [6.07, 6.45) is 0.